The molecule has 0 spiro atoms. The summed E-state index contributed by atoms with van der Waals surface area (Å²) >= 11 is 3.36. The molecule has 1 aliphatic rings. The predicted molar refractivity (Wildman–Crippen MR) is 72.1 cm³/mol. The van der Waals surface area contributed by atoms with Gasteiger partial charge in [0.25, 0.3) is 0 Å². The van der Waals surface area contributed by atoms with Gasteiger partial charge in [-0.25, -0.2) is 4.79 Å². The summed E-state index contributed by atoms with van der Waals surface area (Å²) in [4.78, 5) is 11.7. The Labute approximate surface area is 115 Å². The molecule has 1 N–H and O–H groups in total. The number of esters is 1. The van der Waals surface area contributed by atoms with Gasteiger partial charge in [0.2, 0.25) is 0 Å². The van der Waals surface area contributed by atoms with E-state index < -0.39 is 17.5 Å². The third-order valence-corrected chi connectivity index (χ3v) is 3.85. The second-order valence-corrected chi connectivity index (χ2v) is 5.95. The van der Waals surface area contributed by atoms with Crippen molar-refractivity contribution in [1.82, 2.24) is 0 Å². The Morgan fingerprint density at radius 2 is 1.83 bits per heavy atom. The highest BCUT2D eigenvalue weighted by Gasteiger charge is 2.43. The number of carbonyl (C=O) groups is 1. The Bertz CT molecular complexity index is 514. The third kappa shape index (κ3) is 2.05. The van der Waals surface area contributed by atoms with E-state index in [4.69, 9.17) is 4.74 Å². The largest absolute Gasteiger partial charge is 0.511 e. The average Bonchev–Trinajstić information content (AvgIpc) is 2.33. The summed E-state index contributed by atoms with van der Waals surface area (Å²) in [5.74, 6) is -0.355. The summed E-state index contributed by atoms with van der Waals surface area (Å²) in [6, 6.07) is 7.55. The number of hydrogen-bond acceptors (Lipinski definition) is 3. The first kappa shape index (κ1) is 13.1. The molecule has 18 heavy (non-hydrogen) atoms. The fourth-order valence-corrected chi connectivity index (χ4v) is 2.43. The van der Waals surface area contributed by atoms with Gasteiger partial charge in [0.15, 0.2) is 0 Å². The smallest absolute Gasteiger partial charge is 0.337 e. The van der Waals surface area contributed by atoms with Gasteiger partial charge in [-0.3, -0.25) is 0 Å². The Kier molecular flexibility index (Phi) is 3.23. The summed E-state index contributed by atoms with van der Waals surface area (Å²) in [6.07, 6.45) is -0.471. The minimum atomic E-state index is -0.619. The molecule has 1 heterocycles. The zero-order valence-corrected chi connectivity index (χ0v) is 12.1. The van der Waals surface area contributed by atoms with Crippen LogP contribution in [0.4, 0.5) is 0 Å². The van der Waals surface area contributed by atoms with Crippen molar-refractivity contribution in [2.45, 2.75) is 26.9 Å². The Balaban J connectivity index is 2.47. The van der Waals surface area contributed by atoms with Crippen molar-refractivity contribution in [3.8, 4) is 0 Å². The van der Waals surface area contributed by atoms with Crippen molar-refractivity contribution in [3.63, 3.8) is 0 Å². The van der Waals surface area contributed by atoms with Crippen LogP contribution in [0.5, 0.6) is 0 Å². The normalized spacial score (nSPS) is 22.9. The molecule has 4 heteroatoms. The number of carbonyl (C=O) groups excluding carboxylic acids is 1. The zero-order valence-electron chi connectivity index (χ0n) is 10.5. The minimum absolute atomic E-state index is 0.103. The molecule has 0 amide bonds. The number of halogens is 1. The van der Waals surface area contributed by atoms with E-state index in [9.17, 15) is 9.90 Å². The quantitative estimate of drug-likeness (QED) is 0.800. The van der Waals surface area contributed by atoms with E-state index in [0.29, 0.717) is 0 Å². The van der Waals surface area contributed by atoms with E-state index in [2.05, 4.69) is 15.9 Å². The van der Waals surface area contributed by atoms with Gasteiger partial charge in [-0.1, -0.05) is 28.1 Å². The van der Waals surface area contributed by atoms with Crippen LogP contribution in [0, 0.1) is 5.41 Å². The summed E-state index contributed by atoms with van der Waals surface area (Å²) in [7, 11) is 0. The maximum Gasteiger partial charge on any atom is 0.337 e. The highest BCUT2D eigenvalue weighted by atomic mass is 79.9. The van der Waals surface area contributed by atoms with E-state index in [0.717, 1.165) is 10.0 Å². The number of aliphatic hydroxyl groups is 1. The van der Waals surface area contributed by atoms with Crippen LogP contribution in [-0.2, 0) is 9.53 Å². The van der Waals surface area contributed by atoms with Crippen molar-refractivity contribution >= 4 is 21.9 Å². The van der Waals surface area contributed by atoms with Crippen LogP contribution >= 0.6 is 15.9 Å². The number of rotatable bonds is 1. The van der Waals surface area contributed by atoms with Crippen LogP contribution in [0.2, 0.25) is 0 Å². The van der Waals surface area contributed by atoms with E-state index in [1.165, 1.54) is 0 Å². The van der Waals surface area contributed by atoms with Gasteiger partial charge in [0.05, 0.1) is 11.0 Å². The summed E-state index contributed by atoms with van der Waals surface area (Å²) in [6.45, 7) is 5.31. The van der Waals surface area contributed by atoms with Gasteiger partial charge >= 0.3 is 5.97 Å². The molecule has 0 saturated heterocycles. The van der Waals surface area contributed by atoms with Crippen LogP contribution in [0.1, 0.15) is 32.4 Å². The van der Waals surface area contributed by atoms with Crippen molar-refractivity contribution < 1.29 is 14.6 Å². The number of aliphatic hydroxyl groups excluding tert-OH is 1. The highest BCUT2D eigenvalue weighted by Crippen LogP contribution is 2.46. The van der Waals surface area contributed by atoms with Crippen LogP contribution in [0.15, 0.2) is 40.1 Å². The van der Waals surface area contributed by atoms with Crippen LogP contribution in [-0.4, -0.2) is 11.1 Å². The summed E-state index contributed by atoms with van der Waals surface area (Å²) < 4.78 is 6.40. The average molecular weight is 311 g/mol. The number of benzene rings is 1. The molecule has 1 aromatic carbocycles. The maximum absolute atomic E-state index is 11.7. The second-order valence-electron chi connectivity index (χ2n) is 5.03. The van der Waals surface area contributed by atoms with Gasteiger partial charge in [0, 0.05) is 4.47 Å². The summed E-state index contributed by atoms with van der Waals surface area (Å²) in [5, 5.41) is 10.1. The lowest BCUT2D eigenvalue weighted by Gasteiger charge is -2.37. The van der Waals surface area contributed by atoms with Crippen molar-refractivity contribution in [2.75, 3.05) is 0 Å². The number of ether oxygens (including phenoxy) is 1. The van der Waals surface area contributed by atoms with Crippen molar-refractivity contribution in [2.24, 2.45) is 5.41 Å². The molecular weight excluding hydrogens is 296 g/mol. The van der Waals surface area contributed by atoms with Crippen LogP contribution in [0.3, 0.4) is 0 Å². The third-order valence-electron chi connectivity index (χ3n) is 3.32. The number of cyclic esters (lactones) is 1. The topological polar surface area (TPSA) is 46.5 Å². The van der Waals surface area contributed by atoms with E-state index in [-0.39, 0.29) is 11.3 Å². The van der Waals surface area contributed by atoms with Crippen molar-refractivity contribution in [1.29, 1.82) is 0 Å². The standard InChI is InChI=1S/C14H15BrO3/c1-8-11(16)14(2,3)12(18-13(8)17)9-4-6-10(15)7-5-9/h4-7,12,16H,1-3H3/t12-/m1/s1. The lowest BCUT2D eigenvalue weighted by atomic mass is 9.77. The Morgan fingerprint density at radius 1 is 1.28 bits per heavy atom. The molecule has 0 radical (unpaired) electrons. The molecule has 1 aliphatic heterocycles. The van der Waals surface area contributed by atoms with Gasteiger partial charge < -0.3 is 9.84 Å². The minimum Gasteiger partial charge on any atom is -0.511 e. The van der Waals surface area contributed by atoms with Gasteiger partial charge in [-0.15, -0.1) is 0 Å². The van der Waals surface area contributed by atoms with Gasteiger partial charge in [0.1, 0.15) is 11.9 Å². The Hall–Kier alpha value is -1.29. The molecule has 3 nitrogen and oxygen atoms in total. The highest BCUT2D eigenvalue weighted by molar-refractivity contribution is 9.10. The summed E-state index contributed by atoms with van der Waals surface area (Å²) in [5.41, 5.74) is 0.537. The molecule has 96 valence electrons. The fraction of sp³-hybridized carbons (Fsp3) is 0.357. The molecule has 0 fully saturated rings. The predicted octanol–water partition coefficient (Wildman–Crippen LogP) is 3.91. The molecule has 2 rings (SSSR count). The monoisotopic (exact) mass is 310 g/mol. The molecule has 0 bridgehead atoms. The first-order chi connectivity index (χ1) is 8.34. The van der Waals surface area contributed by atoms with E-state index >= 15 is 0 Å². The second kappa shape index (κ2) is 4.43. The number of hydrogen-bond donors (Lipinski definition) is 1. The molecule has 0 aliphatic carbocycles. The van der Waals surface area contributed by atoms with Gasteiger partial charge in [-0.05, 0) is 38.5 Å². The van der Waals surface area contributed by atoms with E-state index in [1.54, 1.807) is 6.92 Å². The zero-order chi connectivity index (χ0) is 13.5. The molecule has 1 atom stereocenters. The lowest BCUT2D eigenvalue weighted by Crippen LogP contribution is -2.35. The van der Waals surface area contributed by atoms with Crippen molar-refractivity contribution in [3.05, 3.63) is 45.6 Å². The molecular formula is C14H15BrO3. The molecule has 0 aromatic heterocycles. The molecule has 0 unspecified atom stereocenters. The first-order valence-electron chi connectivity index (χ1n) is 5.71. The van der Waals surface area contributed by atoms with E-state index in [1.807, 2.05) is 38.1 Å². The SMILES string of the molecule is CC1=C(O)C(C)(C)[C@@H](c2ccc(Br)cc2)OC1=O. The van der Waals surface area contributed by atoms with Crippen LogP contribution in [0.25, 0.3) is 0 Å². The molecule has 0 saturated carbocycles. The van der Waals surface area contributed by atoms with Crippen LogP contribution < -0.4 is 0 Å². The van der Waals surface area contributed by atoms with Gasteiger partial charge in [-0.2, -0.15) is 0 Å². The first-order valence-corrected chi connectivity index (χ1v) is 6.50. The lowest BCUT2D eigenvalue weighted by molar-refractivity contribution is -0.155. The molecule has 1 aromatic rings. The fourth-order valence-electron chi connectivity index (χ4n) is 2.17. The maximum atomic E-state index is 11.7. The Morgan fingerprint density at radius 3 is 2.39 bits per heavy atom.